The maximum Gasteiger partial charge on any atom is 0.342 e. The van der Waals surface area contributed by atoms with Crippen molar-refractivity contribution in [2.24, 2.45) is 0 Å². The van der Waals surface area contributed by atoms with E-state index in [9.17, 15) is 4.79 Å². The molecule has 1 heterocycles. The molecule has 0 bridgehead atoms. The molecule has 21 heavy (non-hydrogen) atoms. The molecule has 0 N–H and O–H groups in total. The van der Waals surface area contributed by atoms with Gasteiger partial charge in [0.25, 0.3) is 0 Å². The van der Waals surface area contributed by atoms with Gasteiger partial charge < -0.3 is 9.64 Å². The first kappa shape index (κ1) is 15.3. The lowest BCUT2D eigenvalue weighted by molar-refractivity contribution is 0.0525. The number of benzene rings is 1. The van der Waals surface area contributed by atoms with Gasteiger partial charge in [-0.25, -0.2) is 14.8 Å². The molecule has 0 unspecified atom stereocenters. The molecule has 5 nitrogen and oxygen atoms in total. The molecule has 0 saturated carbocycles. The highest BCUT2D eigenvalue weighted by Gasteiger charge is 2.15. The second-order valence-corrected chi connectivity index (χ2v) is 4.79. The van der Waals surface area contributed by atoms with Crippen molar-refractivity contribution in [3.63, 3.8) is 0 Å². The minimum atomic E-state index is -0.514. The van der Waals surface area contributed by atoms with Crippen LogP contribution in [0.25, 0.3) is 0 Å². The Bertz CT molecular complexity index is 620. The highest BCUT2D eigenvalue weighted by Crippen LogP contribution is 2.18. The summed E-state index contributed by atoms with van der Waals surface area (Å²) in [6, 6.07) is 9.95. The molecule has 1 aromatic carbocycles. The predicted molar refractivity (Wildman–Crippen MR) is 81.5 cm³/mol. The van der Waals surface area contributed by atoms with E-state index in [0.29, 0.717) is 12.5 Å². The van der Waals surface area contributed by atoms with Gasteiger partial charge in [0, 0.05) is 19.8 Å². The Labute approximate surface area is 128 Å². The first-order valence-corrected chi connectivity index (χ1v) is 6.94. The van der Waals surface area contributed by atoms with Crippen molar-refractivity contribution in [3.8, 4) is 0 Å². The Morgan fingerprint density at radius 2 is 2.05 bits per heavy atom. The van der Waals surface area contributed by atoms with E-state index in [1.54, 1.807) is 6.92 Å². The van der Waals surface area contributed by atoms with Gasteiger partial charge in [0.2, 0.25) is 5.95 Å². The van der Waals surface area contributed by atoms with Gasteiger partial charge in [0.05, 0.1) is 6.61 Å². The smallest absolute Gasteiger partial charge is 0.342 e. The molecule has 110 valence electrons. The van der Waals surface area contributed by atoms with E-state index >= 15 is 0 Å². The molecule has 2 aromatic rings. The molecule has 0 radical (unpaired) electrons. The Morgan fingerprint density at radius 3 is 2.67 bits per heavy atom. The van der Waals surface area contributed by atoms with Crippen LogP contribution >= 0.6 is 11.6 Å². The molecule has 0 amide bonds. The van der Waals surface area contributed by atoms with Gasteiger partial charge in [-0.3, -0.25) is 0 Å². The van der Waals surface area contributed by atoms with Crippen LogP contribution in [0.5, 0.6) is 0 Å². The summed E-state index contributed by atoms with van der Waals surface area (Å²) in [6.07, 6.45) is 1.39. The molecular formula is C15H16ClN3O2. The number of nitrogens with zero attached hydrogens (tertiary/aromatic N) is 3. The summed E-state index contributed by atoms with van der Waals surface area (Å²) in [6.45, 7) is 2.66. The molecule has 0 aliphatic heterocycles. The molecule has 0 atom stereocenters. The van der Waals surface area contributed by atoms with Crippen LogP contribution in [0.15, 0.2) is 36.5 Å². The Balaban J connectivity index is 2.14. The van der Waals surface area contributed by atoms with Crippen molar-refractivity contribution in [1.82, 2.24) is 9.97 Å². The highest BCUT2D eigenvalue weighted by atomic mass is 35.5. The van der Waals surface area contributed by atoms with Crippen LogP contribution in [0.2, 0.25) is 5.15 Å². The summed E-state index contributed by atoms with van der Waals surface area (Å²) in [5.74, 6) is -0.0586. The Kier molecular flexibility index (Phi) is 5.11. The first-order valence-electron chi connectivity index (χ1n) is 6.56. The summed E-state index contributed by atoms with van der Waals surface area (Å²) in [5.41, 5.74) is 1.31. The van der Waals surface area contributed by atoms with E-state index < -0.39 is 5.97 Å². The van der Waals surface area contributed by atoms with Gasteiger partial charge in [0.15, 0.2) is 0 Å². The third-order valence-corrected chi connectivity index (χ3v) is 3.12. The average molecular weight is 306 g/mol. The van der Waals surface area contributed by atoms with Gasteiger partial charge in [-0.2, -0.15) is 0 Å². The van der Waals surface area contributed by atoms with Crippen molar-refractivity contribution in [2.45, 2.75) is 13.5 Å². The number of carbonyl (C=O) groups is 1. The van der Waals surface area contributed by atoms with Gasteiger partial charge in [-0.1, -0.05) is 41.9 Å². The van der Waals surface area contributed by atoms with Gasteiger partial charge in [0.1, 0.15) is 10.7 Å². The lowest BCUT2D eigenvalue weighted by Crippen LogP contribution is -2.20. The summed E-state index contributed by atoms with van der Waals surface area (Å²) in [7, 11) is 1.86. The van der Waals surface area contributed by atoms with Crippen molar-refractivity contribution in [1.29, 1.82) is 0 Å². The largest absolute Gasteiger partial charge is 0.462 e. The molecule has 0 aliphatic carbocycles. The number of carbonyl (C=O) groups excluding carboxylic acids is 1. The molecule has 0 saturated heterocycles. The third kappa shape index (κ3) is 3.92. The van der Waals surface area contributed by atoms with E-state index in [-0.39, 0.29) is 17.3 Å². The van der Waals surface area contributed by atoms with E-state index in [0.717, 1.165) is 5.56 Å². The zero-order valence-electron chi connectivity index (χ0n) is 11.9. The minimum absolute atomic E-state index is 0.0957. The van der Waals surface area contributed by atoms with Crippen LogP contribution in [0.4, 0.5) is 5.95 Å². The molecule has 0 spiro atoms. The zero-order valence-corrected chi connectivity index (χ0v) is 12.7. The van der Waals surface area contributed by atoms with Crippen LogP contribution in [-0.2, 0) is 11.3 Å². The first-order chi connectivity index (χ1) is 10.1. The lowest BCUT2D eigenvalue weighted by Gasteiger charge is -2.17. The minimum Gasteiger partial charge on any atom is -0.462 e. The van der Waals surface area contributed by atoms with Gasteiger partial charge in [-0.15, -0.1) is 0 Å². The second kappa shape index (κ2) is 7.04. The predicted octanol–water partition coefficient (Wildman–Crippen LogP) is 2.94. The van der Waals surface area contributed by atoms with Crippen LogP contribution in [0.1, 0.15) is 22.8 Å². The summed E-state index contributed by atoms with van der Waals surface area (Å²) >= 11 is 6.03. The number of esters is 1. The number of aromatic nitrogens is 2. The van der Waals surface area contributed by atoms with Crippen molar-refractivity contribution >= 4 is 23.5 Å². The average Bonchev–Trinajstić information content (AvgIpc) is 2.48. The normalized spacial score (nSPS) is 10.2. The van der Waals surface area contributed by atoms with Crippen molar-refractivity contribution in [2.75, 3.05) is 18.6 Å². The second-order valence-electron chi connectivity index (χ2n) is 4.44. The van der Waals surface area contributed by atoms with Crippen LogP contribution in [0, 0.1) is 0 Å². The van der Waals surface area contributed by atoms with Gasteiger partial charge >= 0.3 is 5.97 Å². The SMILES string of the molecule is CCOC(=O)c1cnc(N(C)Cc2ccccc2)nc1Cl. The number of halogens is 1. The van der Waals surface area contributed by atoms with Crippen LogP contribution < -0.4 is 4.90 Å². The third-order valence-electron chi connectivity index (χ3n) is 2.83. The quantitative estimate of drug-likeness (QED) is 0.628. The fourth-order valence-corrected chi connectivity index (χ4v) is 2.01. The summed E-state index contributed by atoms with van der Waals surface area (Å²) in [5, 5.41) is 0.0957. The number of rotatable bonds is 5. The molecule has 0 aliphatic rings. The Morgan fingerprint density at radius 1 is 1.33 bits per heavy atom. The lowest BCUT2D eigenvalue weighted by atomic mass is 10.2. The molecule has 6 heteroatoms. The van der Waals surface area contributed by atoms with Crippen molar-refractivity contribution < 1.29 is 9.53 Å². The van der Waals surface area contributed by atoms with Gasteiger partial charge in [-0.05, 0) is 12.5 Å². The fraction of sp³-hybridized carbons (Fsp3) is 0.267. The van der Waals surface area contributed by atoms with Crippen molar-refractivity contribution in [3.05, 3.63) is 52.8 Å². The molecule has 1 aromatic heterocycles. The van der Waals surface area contributed by atoms with E-state index in [1.165, 1.54) is 6.20 Å². The number of ether oxygens (including phenoxy) is 1. The van der Waals surface area contributed by atoms with E-state index in [2.05, 4.69) is 9.97 Å². The number of hydrogen-bond donors (Lipinski definition) is 0. The van der Waals surface area contributed by atoms with Crippen LogP contribution in [-0.4, -0.2) is 29.6 Å². The highest BCUT2D eigenvalue weighted by molar-refractivity contribution is 6.32. The van der Waals surface area contributed by atoms with E-state index in [1.807, 2.05) is 42.3 Å². The summed E-state index contributed by atoms with van der Waals surface area (Å²) in [4.78, 5) is 21.8. The van der Waals surface area contributed by atoms with E-state index in [4.69, 9.17) is 16.3 Å². The maximum atomic E-state index is 11.6. The summed E-state index contributed by atoms with van der Waals surface area (Å²) < 4.78 is 4.89. The Hall–Kier alpha value is -2.14. The monoisotopic (exact) mass is 305 g/mol. The standard InChI is InChI=1S/C15H16ClN3O2/c1-3-21-14(20)12-9-17-15(18-13(12)16)19(2)10-11-7-5-4-6-8-11/h4-9H,3,10H2,1-2H3. The fourth-order valence-electron chi connectivity index (χ4n) is 1.81. The molecular weight excluding hydrogens is 290 g/mol. The maximum absolute atomic E-state index is 11.6. The zero-order chi connectivity index (χ0) is 15.2. The number of anilines is 1. The number of hydrogen-bond acceptors (Lipinski definition) is 5. The topological polar surface area (TPSA) is 55.3 Å². The molecule has 0 fully saturated rings. The molecule has 2 rings (SSSR count). The van der Waals surface area contributed by atoms with Crippen LogP contribution in [0.3, 0.4) is 0 Å².